The fourth-order valence-electron chi connectivity index (χ4n) is 0.792. The van der Waals surface area contributed by atoms with Crippen LogP contribution in [0.2, 0.25) is 0 Å². The van der Waals surface area contributed by atoms with Crippen molar-refractivity contribution in [2.24, 2.45) is 0 Å². The van der Waals surface area contributed by atoms with Gasteiger partial charge < -0.3 is 9.47 Å². The summed E-state index contributed by atoms with van der Waals surface area (Å²) in [6.07, 6.45) is 2.91. The number of fused-ring (bicyclic) bond motifs is 1. The highest BCUT2D eigenvalue weighted by atomic mass is 16.5. The highest BCUT2D eigenvalue weighted by Gasteiger charge is 2.03. The van der Waals surface area contributed by atoms with Crippen LogP contribution in [0.5, 0.6) is 11.5 Å². The highest BCUT2D eigenvalue weighted by molar-refractivity contribution is 5.41. The zero-order valence-electron chi connectivity index (χ0n) is 6.20. The lowest BCUT2D eigenvalue weighted by molar-refractivity contribution is 0.362. The van der Waals surface area contributed by atoms with Crippen molar-refractivity contribution in [3.8, 4) is 11.5 Å². The smallest absolute Gasteiger partial charge is 0.169 e. The van der Waals surface area contributed by atoms with Crippen molar-refractivity contribution < 1.29 is 10.8 Å². The van der Waals surface area contributed by atoms with Crippen molar-refractivity contribution in [3.05, 3.63) is 36.8 Å². The molecule has 1 aromatic rings. The molecular weight excluding hydrogens is 128 g/mol. The average Bonchev–Trinajstić information content (AvgIpc) is 2.04. The summed E-state index contributed by atoms with van der Waals surface area (Å²) in [5, 5.41) is 0. The Labute approximate surface area is 60.1 Å². The molecule has 0 aliphatic carbocycles. The second-order valence-corrected chi connectivity index (χ2v) is 1.88. The van der Waals surface area contributed by atoms with E-state index in [1.54, 1.807) is 18.2 Å². The molecule has 0 saturated heterocycles. The summed E-state index contributed by atoms with van der Waals surface area (Å²) in [6, 6.07) is 5.39. The molecule has 0 N–H and O–H groups in total. The third-order valence-electron chi connectivity index (χ3n) is 1.23. The summed E-state index contributed by atoms with van der Waals surface area (Å²) in [6.45, 7) is 0. The van der Waals surface area contributed by atoms with Gasteiger partial charge in [-0.3, -0.25) is 0 Å². The van der Waals surface area contributed by atoms with Crippen LogP contribution in [0.3, 0.4) is 0 Å². The molecule has 0 atom stereocenters. The molecule has 0 radical (unpaired) electrons. The number of benzene rings is 1. The molecule has 0 fully saturated rings. The molecule has 0 spiro atoms. The molecule has 2 rings (SSSR count). The van der Waals surface area contributed by atoms with Crippen molar-refractivity contribution in [1.82, 2.24) is 0 Å². The minimum Gasteiger partial charge on any atom is -0.458 e. The van der Waals surface area contributed by atoms with E-state index < -0.39 is 0 Å². The van der Waals surface area contributed by atoms with Gasteiger partial charge in [0.2, 0.25) is 0 Å². The Balaban J connectivity index is 2.48. The summed E-state index contributed by atoms with van der Waals surface area (Å²) in [4.78, 5) is 0. The normalized spacial score (nSPS) is 14.6. The van der Waals surface area contributed by atoms with Gasteiger partial charge >= 0.3 is 0 Å². The van der Waals surface area contributed by atoms with Gasteiger partial charge in [0.1, 0.15) is 12.5 Å². The van der Waals surface area contributed by atoms with Gasteiger partial charge in [-0.1, -0.05) is 12.1 Å². The molecule has 0 amide bonds. The van der Waals surface area contributed by atoms with Crippen molar-refractivity contribution >= 4 is 0 Å². The van der Waals surface area contributed by atoms with Crippen LogP contribution >= 0.6 is 0 Å². The lowest BCUT2D eigenvalue weighted by atomic mass is 10.3. The first kappa shape index (κ1) is 4.39. The molecule has 1 heterocycles. The Morgan fingerprint density at radius 3 is 2.60 bits per heavy atom. The van der Waals surface area contributed by atoms with Crippen molar-refractivity contribution in [3.63, 3.8) is 0 Å². The Bertz CT molecular complexity index is 307. The van der Waals surface area contributed by atoms with Gasteiger partial charge in [0.15, 0.2) is 11.5 Å². The van der Waals surface area contributed by atoms with Crippen molar-refractivity contribution in [2.75, 3.05) is 0 Å². The topological polar surface area (TPSA) is 18.5 Å². The van der Waals surface area contributed by atoms with Crippen LogP contribution in [0.4, 0.5) is 0 Å². The largest absolute Gasteiger partial charge is 0.458 e. The summed E-state index contributed by atoms with van der Waals surface area (Å²) in [5.74, 6) is 1.25. The van der Waals surface area contributed by atoms with Crippen molar-refractivity contribution in [1.29, 1.82) is 0 Å². The number of para-hydroxylation sites is 2. The van der Waals surface area contributed by atoms with Crippen LogP contribution in [0.1, 0.15) is 1.37 Å². The molecule has 1 aliphatic heterocycles. The number of ether oxygens (including phenoxy) is 2. The lowest BCUT2D eigenvalue weighted by Gasteiger charge is -2.10. The van der Waals surface area contributed by atoms with Crippen LogP contribution in [0.15, 0.2) is 36.8 Å². The van der Waals surface area contributed by atoms with Crippen LogP contribution in [0.25, 0.3) is 0 Å². The van der Waals surface area contributed by atoms with Gasteiger partial charge in [-0.05, 0) is 12.1 Å². The first-order valence-electron chi connectivity index (χ1n) is 3.45. The summed E-state index contributed by atoms with van der Waals surface area (Å²) in [5.41, 5.74) is 0. The first-order chi connectivity index (χ1) is 5.36. The average molecular weight is 135 g/mol. The predicted octanol–water partition coefficient (Wildman–Crippen LogP) is 1.93. The van der Waals surface area contributed by atoms with Gasteiger partial charge in [-0.15, -0.1) is 0 Å². The molecule has 0 saturated carbocycles. The molecule has 2 heteroatoms. The fourth-order valence-corrected chi connectivity index (χ4v) is 0.792. The zero-order chi connectivity index (χ0) is 7.68. The van der Waals surface area contributed by atoms with E-state index >= 15 is 0 Å². The molecular formula is C8H6O2. The van der Waals surface area contributed by atoms with E-state index in [9.17, 15) is 0 Å². The highest BCUT2D eigenvalue weighted by Crippen LogP contribution is 2.28. The standard InChI is InChI=1S/C8H6O2/c1-2-4-8-7(3-1)9-5-6-10-8/h1-6H/i1D. The van der Waals surface area contributed by atoms with E-state index in [-0.39, 0.29) is 0 Å². The Kier molecular flexibility index (Phi) is 0.905. The SMILES string of the molecule is [2H]c1ccc2c(c1)OC=CO2. The Hall–Kier alpha value is -1.44. The maximum Gasteiger partial charge on any atom is 0.169 e. The lowest BCUT2D eigenvalue weighted by Crippen LogP contribution is -1.94. The molecule has 0 aromatic heterocycles. The molecule has 2 nitrogen and oxygen atoms in total. The monoisotopic (exact) mass is 135 g/mol. The van der Waals surface area contributed by atoms with E-state index in [0.717, 1.165) is 0 Å². The van der Waals surface area contributed by atoms with Gasteiger partial charge in [0, 0.05) is 0 Å². The first-order valence-corrected chi connectivity index (χ1v) is 2.95. The Morgan fingerprint density at radius 1 is 1.10 bits per heavy atom. The molecule has 1 aliphatic rings. The van der Waals surface area contributed by atoms with E-state index in [1.807, 2.05) is 0 Å². The van der Waals surface area contributed by atoms with Gasteiger partial charge in [-0.2, -0.15) is 0 Å². The number of rotatable bonds is 0. The quantitative estimate of drug-likeness (QED) is 0.541. The maximum absolute atomic E-state index is 7.28. The second kappa shape index (κ2) is 2.06. The van der Waals surface area contributed by atoms with Gasteiger partial charge in [0.05, 0.1) is 1.37 Å². The fraction of sp³-hybridized carbons (Fsp3) is 0. The molecule has 0 bridgehead atoms. The third kappa shape index (κ3) is 0.739. The third-order valence-corrected chi connectivity index (χ3v) is 1.23. The van der Waals surface area contributed by atoms with Crippen LogP contribution < -0.4 is 9.47 Å². The van der Waals surface area contributed by atoms with E-state index in [0.29, 0.717) is 17.5 Å². The van der Waals surface area contributed by atoms with E-state index in [2.05, 4.69) is 0 Å². The predicted molar refractivity (Wildman–Crippen MR) is 36.8 cm³/mol. The number of hydrogen-bond acceptors (Lipinski definition) is 2. The molecule has 1 aromatic carbocycles. The minimum absolute atomic E-state index is 0.419. The van der Waals surface area contributed by atoms with Crippen LogP contribution in [-0.2, 0) is 0 Å². The summed E-state index contributed by atoms with van der Waals surface area (Å²) in [7, 11) is 0. The van der Waals surface area contributed by atoms with Gasteiger partial charge in [-0.25, -0.2) is 0 Å². The van der Waals surface area contributed by atoms with Crippen LogP contribution in [-0.4, -0.2) is 0 Å². The molecule has 0 unspecified atom stereocenters. The summed E-state index contributed by atoms with van der Waals surface area (Å²) < 4.78 is 17.4. The number of hydrogen-bond donors (Lipinski definition) is 0. The molecule has 50 valence electrons. The van der Waals surface area contributed by atoms with E-state index in [4.69, 9.17) is 10.8 Å². The summed E-state index contributed by atoms with van der Waals surface area (Å²) >= 11 is 0. The second-order valence-electron chi connectivity index (χ2n) is 1.88. The molecule has 10 heavy (non-hydrogen) atoms. The zero-order valence-corrected chi connectivity index (χ0v) is 5.20. The van der Waals surface area contributed by atoms with Gasteiger partial charge in [0.25, 0.3) is 0 Å². The Morgan fingerprint density at radius 2 is 1.80 bits per heavy atom. The minimum atomic E-state index is 0.419. The van der Waals surface area contributed by atoms with E-state index in [1.165, 1.54) is 12.5 Å². The van der Waals surface area contributed by atoms with Crippen LogP contribution in [0, 0.1) is 0 Å². The maximum atomic E-state index is 7.28. The van der Waals surface area contributed by atoms with Crippen molar-refractivity contribution in [2.45, 2.75) is 0 Å².